The van der Waals surface area contributed by atoms with E-state index in [0.29, 0.717) is 0 Å². The van der Waals surface area contributed by atoms with Crippen molar-refractivity contribution in [1.29, 1.82) is 0 Å². The van der Waals surface area contributed by atoms with Crippen LogP contribution < -0.4 is 10.5 Å². The number of benzene rings is 2. The lowest BCUT2D eigenvalue weighted by Gasteiger charge is -2.16. The van der Waals surface area contributed by atoms with Crippen LogP contribution in [0.3, 0.4) is 0 Å². The van der Waals surface area contributed by atoms with Crippen LogP contribution in [0.25, 0.3) is 11.1 Å². The number of nitrogens with two attached hydrogens (primary N) is 1. The van der Waals surface area contributed by atoms with Gasteiger partial charge < -0.3 is 10.5 Å². The molecule has 0 saturated heterocycles. The number of nitrogen functional groups attached to an aromatic ring is 1. The normalized spacial score (nSPS) is 12.2. The highest BCUT2D eigenvalue weighted by molar-refractivity contribution is 7.91. The Morgan fingerprint density at radius 3 is 2.18 bits per heavy atom. The van der Waals surface area contributed by atoms with Crippen LogP contribution in [0, 0.1) is 0 Å². The third kappa shape index (κ3) is 3.51. The van der Waals surface area contributed by atoms with Crippen molar-refractivity contribution >= 4 is 15.5 Å². The lowest BCUT2D eigenvalue weighted by Crippen LogP contribution is -2.17. The minimum absolute atomic E-state index is 0.00690. The zero-order valence-electron chi connectivity index (χ0n) is 11.4. The lowest BCUT2D eigenvalue weighted by molar-refractivity contribution is -0.274. The SMILES string of the molecule is CS(=O)(=O)c1c(N)cccc1-c1ccccc1OC(F)(F)F. The molecule has 2 rings (SSSR count). The number of alkyl halides is 3. The van der Waals surface area contributed by atoms with Gasteiger partial charge >= 0.3 is 6.36 Å². The number of sulfone groups is 1. The van der Waals surface area contributed by atoms with E-state index in [2.05, 4.69) is 4.74 Å². The molecule has 0 spiro atoms. The maximum absolute atomic E-state index is 12.5. The molecule has 0 aliphatic rings. The number of para-hydroxylation sites is 1. The van der Waals surface area contributed by atoms with Gasteiger partial charge in [0.1, 0.15) is 5.75 Å². The first-order valence-electron chi connectivity index (χ1n) is 6.03. The molecular formula is C14H12F3NO3S. The second-order valence-electron chi connectivity index (χ2n) is 4.54. The van der Waals surface area contributed by atoms with Gasteiger partial charge in [-0.2, -0.15) is 0 Å². The Morgan fingerprint density at radius 2 is 1.59 bits per heavy atom. The maximum Gasteiger partial charge on any atom is 0.573 e. The van der Waals surface area contributed by atoms with Crippen molar-refractivity contribution in [3.8, 4) is 16.9 Å². The quantitative estimate of drug-likeness (QED) is 0.877. The van der Waals surface area contributed by atoms with Crippen molar-refractivity contribution in [3.05, 3.63) is 42.5 Å². The second kappa shape index (κ2) is 5.53. The molecule has 2 aromatic carbocycles. The number of halogens is 3. The van der Waals surface area contributed by atoms with Crippen molar-refractivity contribution in [1.82, 2.24) is 0 Å². The van der Waals surface area contributed by atoms with Gasteiger partial charge in [-0.15, -0.1) is 13.2 Å². The number of rotatable bonds is 3. The fourth-order valence-electron chi connectivity index (χ4n) is 2.08. The van der Waals surface area contributed by atoms with Crippen molar-refractivity contribution in [2.24, 2.45) is 0 Å². The Balaban J connectivity index is 2.72. The molecule has 0 aliphatic carbocycles. The smallest absolute Gasteiger partial charge is 0.405 e. The zero-order chi connectivity index (χ0) is 16.5. The summed E-state index contributed by atoms with van der Waals surface area (Å²) in [5.74, 6) is -0.495. The average Bonchev–Trinajstić information content (AvgIpc) is 2.35. The van der Waals surface area contributed by atoms with Crippen molar-refractivity contribution in [3.63, 3.8) is 0 Å². The molecule has 0 atom stereocenters. The first kappa shape index (κ1) is 16.2. The van der Waals surface area contributed by atoms with Gasteiger partial charge in [0.15, 0.2) is 9.84 Å². The van der Waals surface area contributed by atoms with Gasteiger partial charge in [-0.1, -0.05) is 30.3 Å². The average molecular weight is 331 g/mol. The number of hydrogen-bond donors (Lipinski definition) is 1. The number of hydrogen-bond acceptors (Lipinski definition) is 4. The Bertz CT molecular complexity index is 801. The minimum Gasteiger partial charge on any atom is -0.405 e. The molecule has 0 aromatic heterocycles. The van der Waals surface area contributed by atoms with E-state index < -0.39 is 21.9 Å². The van der Waals surface area contributed by atoms with Crippen LogP contribution in [0.1, 0.15) is 0 Å². The second-order valence-corrected chi connectivity index (χ2v) is 6.49. The summed E-state index contributed by atoms with van der Waals surface area (Å²) in [6, 6.07) is 9.50. The molecule has 0 amide bonds. The van der Waals surface area contributed by atoms with Crippen LogP contribution in [0.15, 0.2) is 47.4 Å². The summed E-state index contributed by atoms with van der Waals surface area (Å²) in [7, 11) is -3.73. The first-order valence-corrected chi connectivity index (χ1v) is 7.92. The Labute approximate surface area is 125 Å². The van der Waals surface area contributed by atoms with Gasteiger partial charge in [0.25, 0.3) is 0 Å². The van der Waals surface area contributed by atoms with Crippen LogP contribution in [0.2, 0.25) is 0 Å². The molecule has 4 nitrogen and oxygen atoms in total. The third-order valence-corrected chi connectivity index (χ3v) is 4.02. The molecule has 0 unspecified atom stereocenters. The number of ether oxygens (including phenoxy) is 1. The molecule has 0 heterocycles. The molecular weight excluding hydrogens is 319 g/mol. The molecule has 22 heavy (non-hydrogen) atoms. The van der Waals surface area contributed by atoms with Crippen LogP contribution in [-0.4, -0.2) is 21.0 Å². The molecule has 0 radical (unpaired) electrons. The van der Waals surface area contributed by atoms with E-state index >= 15 is 0 Å². The topological polar surface area (TPSA) is 69.4 Å². The predicted molar refractivity (Wildman–Crippen MR) is 76.1 cm³/mol. The maximum atomic E-state index is 12.5. The summed E-state index contributed by atoms with van der Waals surface area (Å²) in [6.07, 6.45) is -3.95. The van der Waals surface area contributed by atoms with Gasteiger partial charge in [0, 0.05) is 17.4 Å². The molecule has 118 valence electrons. The van der Waals surface area contributed by atoms with E-state index in [-0.39, 0.29) is 21.7 Å². The van der Waals surface area contributed by atoms with Crippen LogP contribution in [-0.2, 0) is 9.84 Å². The monoisotopic (exact) mass is 331 g/mol. The highest BCUT2D eigenvalue weighted by Gasteiger charge is 2.32. The van der Waals surface area contributed by atoms with Gasteiger partial charge in [0.2, 0.25) is 0 Å². The summed E-state index contributed by atoms with van der Waals surface area (Å²) in [5, 5.41) is 0. The number of anilines is 1. The molecule has 0 fully saturated rings. The molecule has 8 heteroatoms. The summed E-state index contributed by atoms with van der Waals surface area (Å²) < 4.78 is 65.2. The first-order chi connectivity index (χ1) is 10.1. The lowest BCUT2D eigenvalue weighted by atomic mass is 10.0. The highest BCUT2D eigenvalue weighted by atomic mass is 32.2. The van der Waals surface area contributed by atoms with Crippen molar-refractivity contribution < 1.29 is 26.3 Å². The molecule has 0 saturated carbocycles. The molecule has 2 aromatic rings. The zero-order valence-corrected chi connectivity index (χ0v) is 12.2. The van der Waals surface area contributed by atoms with E-state index in [1.807, 2.05) is 0 Å². The fraction of sp³-hybridized carbons (Fsp3) is 0.143. The van der Waals surface area contributed by atoms with E-state index in [9.17, 15) is 21.6 Å². The largest absolute Gasteiger partial charge is 0.573 e. The Kier molecular flexibility index (Phi) is 4.06. The van der Waals surface area contributed by atoms with Crippen LogP contribution in [0.4, 0.5) is 18.9 Å². The Morgan fingerprint density at radius 1 is 1.00 bits per heavy atom. The van der Waals surface area contributed by atoms with Crippen molar-refractivity contribution in [2.45, 2.75) is 11.3 Å². The van der Waals surface area contributed by atoms with E-state index in [0.717, 1.165) is 12.3 Å². The molecule has 0 aliphatic heterocycles. The molecule has 2 N–H and O–H groups in total. The highest BCUT2D eigenvalue weighted by Crippen LogP contribution is 2.38. The summed E-state index contributed by atoms with van der Waals surface area (Å²) in [5.41, 5.74) is 5.69. The van der Waals surface area contributed by atoms with E-state index in [4.69, 9.17) is 5.73 Å². The Hall–Kier alpha value is -2.22. The van der Waals surface area contributed by atoms with E-state index in [1.165, 1.54) is 36.4 Å². The van der Waals surface area contributed by atoms with Gasteiger partial charge in [-0.25, -0.2) is 8.42 Å². The molecule has 0 bridgehead atoms. The summed E-state index contributed by atoms with van der Waals surface area (Å²) in [4.78, 5) is -0.228. The fourth-order valence-corrected chi connectivity index (χ4v) is 3.16. The van der Waals surface area contributed by atoms with Crippen LogP contribution >= 0.6 is 0 Å². The van der Waals surface area contributed by atoms with Crippen LogP contribution in [0.5, 0.6) is 5.75 Å². The minimum atomic E-state index is -4.89. The van der Waals surface area contributed by atoms with Crippen molar-refractivity contribution in [2.75, 3.05) is 12.0 Å². The summed E-state index contributed by atoms with van der Waals surface area (Å²) in [6.45, 7) is 0. The predicted octanol–water partition coefficient (Wildman–Crippen LogP) is 3.24. The van der Waals surface area contributed by atoms with E-state index in [1.54, 1.807) is 0 Å². The third-order valence-electron chi connectivity index (χ3n) is 2.82. The standard InChI is InChI=1S/C14H12F3NO3S/c1-22(19,20)13-10(6-4-7-11(13)18)9-5-2-3-8-12(9)21-14(15,16)17/h2-8H,18H2,1H3. The van der Waals surface area contributed by atoms with Gasteiger partial charge in [-0.3, -0.25) is 0 Å². The van der Waals surface area contributed by atoms with Gasteiger partial charge in [0.05, 0.1) is 10.6 Å². The van der Waals surface area contributed by atoms with Gasteiger partial charge in [-0.05, 0) is 12.1 Å². The summed E-state index contributed by atoms with van der Waals surface area (Å²) >= 11 is 0.